The van der Waals surface area contributed by atoms with E-state index in [1.807, 2.05) is 22.4 Å². The molecular weight excluding hydrogens is 358 g/mol. The molecule has 2 amide bonds. The maximum atomic E-state index is 12.6. The van der Waals surface area contributed by atoms with Crippen molar-refractivity contribution in [1.29, 1.82) is 0 Å². The molecule has 1 saturated heterocycles. The molecule has 130 valence electrons. The fraction of sp³-hybridized carbons (Fsp3) is 0.333. The van der Waals surface area contributed by atoms with E-state index in [2.05, 4.69) is 16.7 Å². The number of carbonyl (C=O) groups is 2. The van der Waals surface area contributed by atoms with Crippen LogP contribution in [0.3, 0.4) is 0 Å². The number of benzene rings is 1. The van der Waals surface area contributed by atoms with Crippen molar-refractivity contribution in [3.8, 4) is 0 Å². The van der Waals surface area contributed by atoms with Crippen LogP contribution in [0.5, 0.6) is 0 Å². The molecular formula is C18H18ClN3O2S. The average molecular weight is 376 g/mol. The van der Waals surface area contributed by atoms with Gasteiger partial charge in [-0.3, -0.25) is 9.59 Å². The summed E-state index contributed by atoms with van der Waals surface area (Å²) in [5, 5.41) is 8.23. The van der Waals surface area contributed by atoms with Crippen molar-refractivity contribution >= 4 is 46.1 Å². The smallest absolute Gasteiger partial charge is 0.266 e. The molecule has 5 nitrogen and oxygen atoms in total. The van der Waals surface area contributed by atoms with E-state index in [-0.39, 0.29) is 11.8 Å². The molecule has 1 saturated carbocycles. The lowest BCUT2D eigenvalue weighted by molar-refractivity contribution is -0.120. The molecule has 7 heteroatoms. The van der Waals surface area contributed by atoms with E-state index in [1.54, 1.807) is 6.07 Å². The number of piperazine rings is 1. The van der Waals surface area contributed by atoms with Crippen LogP contribution < -0.4 is 15.5 Å². The number of hydrogen-bond donors (Lipinski definition) is 2. The van der Waals surface area contributed by atoms with Gasteiger partial charge in [0.1, 0.15) is 0 Å². The van der Waals surface area contributed by atoms with Gasteiger partial charge < -0.3 is 15.5 Å². The van der Waals surface area contributed by atoms with Crippen molar-refractivity contribution < 1.29 is 9.59 Å². The van der Waals surface area contributed by atoms with Gasteiger partial charge in [0, 0.05) is 18.8 Å². The highest BCUT2D eigenvalue weighted by molar-refractivity contribution is 7.12. The Kier molecular flexibility index (Phi) is 4.39. The van der Waals surface area contributed by atoms with Crippen LogP contribution in [0.4, 0.5) is 11.4 Å². The zero-order valence-electron chi connectivity index (χ0n) is 13.5. The van der Waals surface area contributed by atoms with E-state index < -0.39 is 0 Å². The maximum Gasteiger partial charge on any atom is 0.266 e. The van der Waals surface area contributed by atoms with E-state index in [4.69, 9.17) is 11.6 Å². The van der Waals surface area contributed by atoms with Crippen LogP contribution >= 0.6 is 22.9 Å². The number of anilines is 2. The maximum absolute atomic E-state index is 12.6. The largest absolute Gasteiger partial charge is 0.359 e. The molecule has 0 spiro atoms. The number of nitrogens with zero attached hydrogens (tertiary/aromatic N) is 1. The third-order valence-electron chi connectivity index (χ3n) is 4.50. The number of nitrogens with one attached hydrogen (secondary N) is 2. The van der Waals surface area contributed by atoms with Gasteiger partial charge in [-0.2, -0.15) is 0 Å². The van der Waals surface area contributed by atoms with Crippen LogP contribution in [0.15, 0.2) is 29.6 Å². The highest BCUT2D eigenvalue weighted by atomic mass is 35.5. The fourth-order valence-corrected chi connectivity index (χ4v) is 4.27. The number of halogens is 1. The second kappa shape index (κ2) is 6.69. The Hall–Kier alpha value is -2.05. The van der Waals surface area contributed by atoms with Gasteiger partial charge in [0.25, 0.3) is 5.91 Å². The number of rotatable bonds is 4. The van der Waals surface area contributed by atoms with Gasteiger partial charge in [-0.05, 0) is 54.0 Å². The van der Waals surface area contributed by atoms with Crippen LogP contribution in [0.1, 0.15) is 34.0 Å². The quantitative estimate of drug-likeness (QED) is 0.860. The highest BCUT2D eigenvalue weighted by Crippen LogP contribution is 2.43. The summed E-state index contributed by atoms with van der Waals surface area (Å²) in [4.78, 5) is 26.8. The molecule has 4 rings (SSSR count). The zero-order valence-corrected chi connectivity index (χ0v) is 15.1. The molecule has 0 radical (unpaired) electrons. The van der Waals surface area contributed by atoms with Crippen molar-refractivity contribution in [3.63, 3.8) is 0 Å². The third kappa shape index (κ3) is 3.50. The molecule has 2 aromatic rings. The Morgan fingerprint density at radius 1 is 1.32 bits per heavy atom. The molecule has 1 aliphatic heterocycles. The van der Waals surface area contributed by atoms with Gasteiger partial charge in [0.15, 0.2) is 0 Å². The minimum absolute atomic E-state index is 0.00926. The van der Waals surface area contributed by atoms with Gasteiger partial charge in [-0.25, -0.2) is 0 Å². The van der Waals surface area contributed by atoms with Crippen molar-refractivity contribution in [2.45, 2.75) is 18.8 Å². The van der Waals surface area contributed by atoms with Crippen LogP contribution in [-0.4, -0.2) is 31.4 Å². The predicted molar refractivity (Wildman–Crippen MR) is 101 cm³/mol. The lowest BCUT2D eigenvalue weighted by Gasteiger charge is -2.29. The summed E-state index contributed by atoms with van der Waals surface area (Å²) < 4.78 is 0. The van der Waals surface area contributed by atoms with Gasteiger partial charge in [0.05, 0.1) is 22.1 Å². The van der Waals surface area contributed by atoms with Crippen LogP contribution in [0, 0.1) is 0 Å². The second-order valence-electron chi connectivity index (χ2n) is 6.37. The Bertz CT molecular complexity index is 831. The van der Waals surface area contributed by atoms with Crippen molar-refractivity contribution in [1.82, 2.24) is 5.32 Å². The molecule has 0 unspecified atom stereocenters. The normalized spacial score (nSPS) is 17.3. The first-order valence-corrected chi connectivity index (χ1v) is 9.57. The van der Waals surface area contributed by atoms with E-state index in [0.717, 1.165) is 22.7 Å². The first-order chi connectivity index (χ1) is 12.1. The Morgan fingerprint density at radius 2 is 2.16 bits per heavy atom. The number of amides is 2. The molecule has 1 aromatic heterocycles. The summed E-state index contributed by atoms with van der Waals surface area (Å²) in [5.74, 6) is 0.450. The third-order valence-corrected chi connectivity index (χ3v) is 5.74. The Balaban J connectivity index is 1.49. The molecule has 1 aromatic carbocycles. The summed E-state index contributed by atoms with van der Waals surface area (Å²) in [6.45, 7) is 1.62. The number of carbonyl (C=O) groups excluding carboxylic acids is 2. The number of hydrogen-bond acceptors (Lipinski definition) is 4. The van der Waals surface area contributed by atoms with E-state index in [1.165, 1.54) is 24.2 Å². The zero-order chi connectivity index (χ0) is 17.4. The molecule has 0 atom stereocenters. The Labute approximate surface area is 155 Å². The van der Waals surface area contributed by atoms with Crippen molar-refractivity contribution in [2.75, 3.05) is 29.9 Å². The van der Waals surface area contributed by atoms with E-state index in [0.29, 0.717) is 29.7 Å². The van der Waals surface area contributed by atoms with Crippen LogP contribution in [0.25, 0.3) is 0 Å². The fourth-order valence-electron chi connectivity index (χ4n) is 3.09. The standard InChI is InChI=1S/C18H18ClN3O2S/c19-14-9-12(3-4-15(14)22-7-6-20-16(23)10-22)21-18(24)17-13(5-8-25-17)11-1-2-11/h3-5,8-9,11H,1-2,6-7,10H2,(H,20,23)(H,21,24). The van der Waals surface area contributed by atoms with E-state index >= 15 is 0 Å². The minimum atomic E-state index is -0.0851. The summed E-state index contributed by atoms with van der Waals surface area (Å²) in [7, 11) is 0. The lowest BCUT2D eigenvalue weighted by Crippen LogP contribution is -2.47. The first-order valence-electron chi connectivity index (χ1n) is 8.32. The SMILES string of the molecule is O=C1CN(c2ccc(NC(=O)c3sccc3C3CC3)cc2Cl)CCN1. The number of thiophene rings is 1. The lowest BCUT2D eigenvalue weighted by atomic mass is 10.1. The minimum Gasteiger partial charge on any atom is -0.359 e. The van der Waals surface area contributed by atoms with Crippen LogP contribution in [0.2, 0.25) is 5.02 Å². The summed E-state index contributed by atoms with van der Waals surface area (Å²) in [5.41, 5.74) is 2.63. The average Bonchev–Trinajstić information content (AvgIpc) is 3.31. The predicted octanol–water partition coefficient (Wildman–Crippen LogP) is 3.47. The van der Waals surface area contributed by atoms with Gasteiger partial charge in [-0.1, -0.05) is 11.6 Å². The first kappa shape index (κ1) is 16.4. The van der Waals surface area contributed by atoms with Crippen LogP contribution in [-0.2, 0) is 4.79 Å². The summed E-state index contributed by atoms with van der Waals surface area (Å²) in [6, 6.07) is 7.48. The molecule has 25 heavy (non-hydrogen) atoms. The molecule has 2 N–H and O–H groups in total. The molecule has 2 fully saturated rings. The molecule has 1 aliphatic carbocycles. The monoisotopic (exact) mass is 375 g/mol. The highest BCUT2D eigenvalue weighted by Gasteiger charge is 2.29. The van der Waals surface area contributed by atoms with E-state index in [9.17, 15) is 9.59 Å². The van der Waals surface area contributed by atoms with Gasteiger partial charge >= 0.3 is 0 Å². The van der Waals surface area contributed by atoms with Crippen molar-refractivity contribution in [2.24, 2.45) is 0 Å². The van der Waals surface area contributed by atoms with Crippen molar-refractivity contribution in [3.05, 3.63) is 45.1 Å². The molecule has 2 aliphatic rings. The summed E-state index contributed by atoms with van der Waals surface area (Å²) >= 11 is 7.87. The molecule has 0 bridgehead atoms. The second-order valence-corrected chi connectivity index (χ2v) is 7.69. The topological polar surface area (TPSA) is 61.4 Å². The summed E-state index contributed by atoms with van der Waals surface area (Å²) in [6.07, 6.45) is 2.34. The molecule has 2 heterocycles. The Morgan fingerprint density at radius 3 is 2.88 bits per heavy atom. The van der Waals surface area contributed by atoms with Gasteiger partial charge in [-0.15, -0.1) is 11.3 Å². The van der Waals surface area contributed by atoms with Gasteiger partial charge in [0.2, 0.25) is 5.91 Å².